The van der Waals surface area contributed by atoms with Crippen LogP contribution in [0.3, 0.4) is 0 Å². The van der Waals surface area contributed by atoms with Crippen LogP contribution in [0.15, 0.2) is 16.1 Å². The summed E-state index contributed by atoms with van der Waals surface area (Å²) in [5.41, 5.74) is 0. The van der Waals surface area contributed by atoms with E-state index in [1.54, 1.807) is 0 Å². The van der Waals surface area contributed by atoms with E-state index in [-0.39, 0.29) is 24.0 Å². The molecule has 0 atom stereocenters. The Morgan fingerprint density at radius 1 is 1.47 bits per heavy atom. The summed E-state index contributed by atoms with van der Waals surface area (Å²) in [5, 5.41) is 3.26. The van der Waals surface area contributed by atoms with Crippen molar-refractivity contribution >= 4 is 45.9 Å². The molecule has 0 bridgehead atoms. The van der Waals surface area contributed by atoms with E-state index in [4.69, 9.17) is 4.74 Å². The molecule has 1 saturated heterocycles. The monoisotopic (exact) mass is 445 g/mol. The van der Waals surface area contributed by atoms with Crippen molar-refractivity contribution in [3.8, 4) is 0 Å². The van der Waals surface area contributed by atoms with Gasteiger partial charge in [0.05, 0.1) is 0 Å². The minimum Gasteiger partial charge on any atom is -0.381 e. The molecule has 0 aliphatic carbocycles. The molecule has 0 radical (unpaired) electrons. The summed E-state index contributed by atoms with van der Waals surface area (Å²) in [4.78, 5) is 6.44. The molecular formula is C13H25BrIN3O. The van der Waals surface area contributed by atoms with Crippen LogP contribution in [0.25, 0.3) is 0 Å². The molecule has 1 rings (SSSR count). The van der Waals surface area contributed by atoms with E-state index in [1.807, 2.05) is 7.05 Å². The highest BCUT2D eigenvalue weighted by molar-refractivity contribution is 14.0. The zero-order chi connectivity index (χ0) is 13.4. The lowest BCUT2D eigenvalue weighted by molar-refractivity contribution is 0.0625. The molecule has 6 heteroatoms. The summed E-state index contributed by atoms with van der Waals surface area (Å²) in [6.07, 6.45) is 3.59. The third kappa shape index (κ3) is 8.14. The van der Waals surface area contributed by atoms with Gasteiger partial charge in [0.15, 0.2) is 5.96 Å². The number of halogens is 2. The average molecular weight is 446 g/mol. The summed E-state index contributed by atoms with van der Waals surface area (Å²) < 4.78 is 6.31. The SMILES string of the molecule is C=C(Br)CNC(=NC)N(C)CCC1CCOCC1.I. The number of nitrogens with zero attached hydrogens (tertiary/aromatic N) is 2. The van der Waals surface area contributed by atoms with Crippen LogP contribution >= 0.6 is 39.9 Å². The smallest absolute Gasteiger partial charge is 0.193 e. The van der Waals surface area contributed by atoms with Gasteiger partial charge in [-0.25, -0.2) is 0 Å². The minimum absolute atomic E-state index is 0. The predicted molar refractivity (Wildman–Crippen MR) is 95.6 cm³/mol. The van der Waals surface area contributed by atoms with Gasteiger partial charge in [-0.1, -0.05) is 22.5 Å². The van der Waals surface area contributed by atoms with Crippen molar-refractivity contribution in [1.29, 1.82) is 0 Å². The van der Waals surface area contributed by atoms with Gasteiger partial charge < -0.3 is 15.0 Å². The predicted octanol–water partition coefficient (Wildman–Crippen LogP) is 2.84. The first-order valence-corrected chi connectivity index (χ1v) is 7.25. The number of hydrogen-bond acceptors (Lipinski definition) is 2. The molecule has 1 aliphatic rings. The highest BCUT2D eigenvalue weighted by Gasteiger charge is 2.15. The molecule has 1 N–H and O–H groups in total. The summed E-state index contributed by atoms with van der Waals surface area (Å²) >= 11 is 3.34. The number of ether oxygens (including phenoxy) is 1. The second kappa shape index (κ2) is 10.9. The molecule has 112 valence electrons. The molecule has 0 amide bonds. The largest absolute Gasteiger partial charge is 0.381 e. The summed E-state index contributed by atoms with van der Waals surface area (Å²) in [6, 6.07) is 0. The van der Waals surface area contributed by atoms with Crippen molar-refractivity contribution < 1.29 is 4.74 Å². The molecule has 1 fully saturated rings. The van der Waals surface area contributed by atoms with Crippen LogP contribution in [0.5, 0.6) is 0 Å². The Morgan fingerprint density at radius 2 is 2.11 bits per heavy atom. The summed E-state index contributed by atoms with van der Waals surface area (Å²) in [7, 11) is 3.88. The van der Waals surface area contributed by atoms with Gasteiger partial charge in [-0.15, -0.1) is 24.0 Å². The van der Waals surface area contributed by atoms with Gasteiger partial charge in [0.25, 0.3) is 0 Å². The van der Waals surface area contributed by atoms with Gasteiger partial charge >= 0.3 is 0 Å². The van der Waals surface area contributed by atoms with Gasteiger partial charge in [-0.05, 0) is 25.2 Å². The van der Waals surface area contributed by atoms with Crippen molar-refractivity contribution in [2.75, 3.05) is 40.4 Å². The highest BCUT2D eigenvalue weighted by atomic mass is 127. The Kier molecular flexibility index (Phi) is 11.0. The van der Waals surface area contributed by atoms with E-state index >= 15 is 0 Å². The molecule has 1 heterocycles. The van der Waals surface area contributed by atoms with E-state index in [0.29, 0.717) is 6.54 Å². The fraction of sp³-hybridized carbons (Fsp3) is 0.769. The third-order valence-corrected chi connectivity index (χ3v) is 3.51. The highest BCUT2D eigenvalue weighted by Crippen LogP contribution is 2.18. The number of nitrogens with one attached hydrogen (secondary N) is 1. The molecule has 0 spiro atoms. The Morgan fingerprint density at radius 3 is 2.63 bits per heavy atom. The molecule has 0 unspecified atom stereocenters. The lowest BCUT2D eigenvalue weighted by Crippen LogP contribution is -2.40. The minimum atomic E-state index is 0. The molecule has 4 nitrogen and oxygen atoms in total. The lowest BCUT2D eigenvalue weighted by Gasteiger charge is -2.26. The molecule has 0 saturated carbocycles. The van der Waals surface area contributed by atoms with Crippen molar-refractivity contribution in [2.45, 2.75) is 19.3 Å². The molecule has 0 aromatic carbocycles. The van der Waals surface area contributed by atoms with Crippen molar-refractivity contribution in [2.24, 2.45) is 10.9 Å². The molecule has 19 heavy (non-hydrogen) atoms. The zero-order valence-electron chi connectivity index (χ0n) is 11.8. The van der Waals surface area contributed by atoms with Crippen LogP contribution < -0.4 is 5.32 Å². The second-order valence-electron chi connectivity index (χ2n) is 4.68. The Labute approximate surface area is 142 Å². The fourth-order valence-corrected chi connectivity index (χ4v) is 2.22. The zero-order valence-corrected chi connectivity index (χ0v) is 15.7. The topological polar surface area (TPSA) is 36.9 Å². The van der Waals surface area contributed by atoms with Gasteiger partial charge in [-0.2, -0.15) is 0 Å². The van der Waals surface area contributed by atoms with Crippen LogP contribution in [0, 0.1) is 5.92 Å². The van der Waals surface area contributed by atoms with Crippen LogP contribution in [0.4, 0.5) is 0 Å². The van der Waals surface area contributed by atoms with E-state index < -0.39 is 0 Å². The first kappa shape index (κ1) is 19.2. The maximum Gasteiger partial charge on any atom is 0.193 e. The quantitative estimate of drug-likeness (QED) is 0.401. The summed E-state index contributed by atoms with van der Waals surface area (Å²) in [5.74, 6) is 1.72. The van der Waals surface area contributed by atoms with E-state index in [2.05, 4.69) is 44.8 Å². The fourth-order valence-electron chi connectivity index (χ4n) is 2.08. The van der Waals surface area contributed by atoms with E-state index in [9.17, 15) is 0 Å². The van der Waals surface area contributed by atoms with E-state index in [0.717, 1.165) is 36.1 Å². The third-order valence-electron chi connectivity index (χ3n) is 3.23. The normalized spacial score (nSPS) is 16.7. The lowest BCUT2D eigenvalue weighted by atomic mass is 9.96. The Balaban J connectivity index is 0.00000324. The molecule has 0 aromatic heterocycles. The van der Waals surface area contributed by atoms with Gasteiger partial charge in [-0.3, -0.25) is 4.99 Å². The molecule has 0 aromatic rings. The van der Waals surface area contributed by atoms with Crippen LogP contribution in [-0.2, 0) is 4.74 Å². The number of aliphatic imine (C=N–C) groups is 1. The molecule has 1 aliphatic heterocycles. The number of rotatable bonds is 5. The average Bonchev–Trinajstić information content (AvgIpc) is 2.38. The standard InChI is InChI=1S/C13H24BrN3O.HI/c1-11(14)10-16-13(15-2)17(3)7-4-12-5-8-18-9-6-12;/h12H,1,4-10H2,2-3H3,(H,15,16);1H. The van der Waals surface area contributed by atoms with E-state index in [1.165, 1.54) is 19.3 Å². The number of hydrogen-bond donors (Lipinski definition) is 1. The van der Waals surface area contributed by atoms with Gasteiger partial charge in [0, 0.05) is 44.9 Å². The first-order chi connectivity index (χ1) is 8.63. The van der Waals surface area contributed by atoms with Crippen LogP contribution in [0.1, 0.15) is 19.3 Å². The van der Waals surface area contributed by atoms with Crippen molar-refractivity contribution in [1.82, 2.24) is 10.2 Å². The Hall–Kier alpha value is 0.180. The van der Waals surface area contributed by atoms with Gasteiger partial charge in [0.1, 0.15) is 0 Å². The van der Waals surface area contributed by atoms with Crippen molar-refractivity contribution in [3.63, 3.8) is 0 Å². The van der Waals surface area contributed by atoms with Crippen LogP contribution in [0.2, 0.25) is 0 Å². The Bertz CT molecular complexity index is 294. The molecular weight excluding hydrogens is 421 g/mol. The van der Waals surface area contributed by atoms with Crippen LogP contribution in [-0.4, -0.2) is 51.3 Å². The first-order valence-electron chi connectivity index (χ1n) is 6.46. The number of guanidine groups is 1. The maximum absolute atomic E-state index is 5.38. The maximum atomic E-state index is 5.38. The van der Waals surface area contributed by atoms with Crippen molar-refractivity contribution in [3.05, 3.63) is 11.1 Å². The van der Waals surface area contributed by atoms with Gasteiger partial charge in [0.2, 0.25) is 0 Å². The summed E-state index contributed by atoms with van der Waals surface area (Å²) in [6.45, 7) is 7.38. The second-order valence-corrected chi connectivity index (χ2v) is 5.81.